The number of aliphatic imine (C=N–C) groups is 1. The number of furan rings is 1. The lowest BCUT2D eigenvalue weighted by Crippen LogP contribution is -2.43. The molecule has 0 aliphatic carbocycles. The second-order valence-electron chi connectivity index (χ2n) is 6.36. The highest BCUT2D eigenvalue weighted by Gasteiger charge is 2.14. The summed E-state index contributed by atoms with van der Waals surface area (Å²) in [5.74, 6) is 1.78. The Balaban J connectivity index is 1.52. The van der Waals surface area contributed by atoms with E-state index in [1.807, 2.05) is 18.3 Å². The largest absolute Gasteiger partial charge is 0.469 e. The van der Waals surface area contributed by atoms with Gasteiger partial charge in [-0.05, 0) is 37.8 Å². The first-order valence-corrected chi connectivity index (χ1v) is 10.2. The summed E-state index contributed by atoms with van der Waals surface area (Å²) < 4.78 is 11.2. The quantitative estimate of drug-likeness (QED) is 0.547. The zero-order valence-electron chi connectivity index (χ0n) is 15.4. The summed E-state index contributed by atoms with van der Waals surface area (Å²) in [5.41, 5.74) is 0. The molecule has 3 heterocycles. The van der Waals surface area contributed by atoms with Gasteiger partial charge >= 0.3 is 0 Å². The van der Waals surface area contributed by atoms with Gasteiger partial charge in [0.1, 0.15) is 10.8 Å². The van der Waals surface area contributed by atoms with Crippen molar-refractivity contribution in [3.63, 3.8) is 0 Å². The Morgan fingerprint density at radius 1 is 1.38 bits per heavy atom. The fourth-order valence-electron chi connectivity index (χ4n) is 2.84. The van der Waals surface area contributed by atoms with Gasteiger partial charge in [-0.1, -0.05) is 6.92 Å². The van der Waals surface area contributed by atoms with Gasteiger partial charge in [0.15, 0.2) is 5.96 Å². The van der Waals surface area contributed by atoms with Crippen LogP contribution in [0.1, 0.15) is 41.8 Å². The predicted octanol–water partition coefficient (Wildman–Crippen LogP) is 3.15. The van der Waals surface area contributed by atoms with E-state index in [-0.39, 0.29) is 6.10 Å². The van der Waals surface area contributed by atoms with E-state index < -0.39 is 0 Å². The molecular formula is C19H28N4O2S. The van der Waals surface area contributed by atoms with Gasteiger partial charge in [0.05, 0.1) is 18.9 Å². The highest BCUT2D eigenvalue weighted by Crippen LogP contribution is 2.14. The molecule has 0 spiro atoms. The first kappa shape index (κ1) is 18.9. The summed E-state index contributed by atoms with van der Waals surface area (Å²) in [4.78, 5) is 10.4. The van der Waals surface area contributed by atoms with E-state index in [0.717, 1.165) is 55.7 Å². The standard InChI is InChI=1S/C19H28N4O2S/c1-2-17-13-21-18(26-17)14-23-19(20-9-8-15-7-5-11-24-15)22-12-16-6-3-4-10-25-16/h5,7,11,13,16H,2-4,6,8-10,12,14H2,1H3,(H2,20,22,23). The molecule has 3 rings (SSSR count). The third kappa shape index (κ3) is 6.14. The minimum absolute atomic E-state index is 0.271. The van der Waals surface area contributed by atoms with Crippen LogP contribution in [0.25, 0.3) is 0 Å². The summed E-state index contributed by atoms with van der Waals surface area (Å²) >= 11 is 1.73. The molecule has 0 amide bonds. The maximum Gasteiger partial charge on any atom is 0.191 e. The molecule has 0 bridgehead atoms. The molecule has 2 aromatic heterocycles. The molecule has 142 valence electrons. The summed E-state index contributed by atoms with van der Waals surface area (Å²) in [6.07, 6.45) is 9.29. The monoisotopic (exact) mass is 376 g/mol. The molecule has 1 saturated heterocycles. The molecule has 0 radical (unpaired) electrons. The van der Waals surface area contributed by atoms with Crippen molar-refractivity contribution in [2.45, 2.75) is 51.7 Å². The zero-order chi connectivity index (χ0) is 18.0. The molecule has 0 saturated carbocycles. The van der Waals surface area contributed by atoms with Crippen molar-refractivity contribution >= 4 is 17.3 Å². The predicted molar refractivity (Wildman–Crippen MR) is 105 cm³/mol. The molecule has 2 N–H and O–H groups in total. The topological polar surface area (TPSA) is 71.7 Å². The number of hydrogen-bond donors (Lipinski definition) is 2. The van der Waals surface area contributed by atoms with Crippen molar-refractivity contribution in [1.82, 2.24) is 15.6 Å². The average molecular weight is 377 g/mol. The molecular weight excluding hydrogens is 348 g/mol. The van der Waals surface area contributed by atoms with E-state index in [1.54, 1.807) is 17.6 Å². The van der Waals surface area contributed by atoms with Crippen LogP contribution in [0.2, 0.25) is 0 Å². The Bertz CT molecular complexity index is 663. The number of guanidine groups is 1. The molecule has 1 aliphatic rings. The van der Waals surface area contributed by atoms with E-state index in [2.05, 4.69) is 22.5 Å². The van der Waals surface area contributed by atoms with Crippen LogP contribution in [0, 0.1) is 0 Å². The molecule has 26 heavy (non-hydrogen) atoms. The van der Waals surface area contributed by atoms with Crippen LogP contribution in [-0.2, 0) is 24.1 Å². The van der Waals surface area contributed by atoms with Crippen LogP contribution >= 0.6 is 11.3 Å². The van der Waals surface area contributed by atoms with Crippen LogP contribution < -0.4 is 10.6 Å². The van der Waals surface area contributed by atoms with E-state index in [1.165, 1.54) is 17.7 Å². The van der Waals surface area contributed by atoms with Gasteiger partial charge in [0.25, 0.3) is 0 Å². The van der Waals surface area contributed by atoms with Crippen molar-refractivity contribution in [3.8, 4) is 0 Å². The van der Waals surface area contributed by atoms with Gasteiger partial charge in [-0.15, -0.1) is 11.3 Å². The Morgan fingerprint density at radius 3 is 3.08 bits per heavy atom. The van der Waals surface area contributed by atoms with Crippen molar-refractivity contribution < 1.29 is 9.15 Å². The van der Waals surface area contributed by atoms with E-state index in [0.29, 0.717) is 6.54 Å². The molecule has 1 aliphatic heterocycles. The third-order valence-electron chi connectivity index (χ3n) is 4.34. The van der Waals surface area contributed by atoms with E-state index in [9.17, 15) is 0 Å². The molecule has 2 aromatic rings. The van der Waals surface area contributed by atoms with Crippen molar-refractivity contribution in [3.05, 3.63) is 40.2 Å². The SMILES string of the molecule is CCc1cnc(CN=C(NCCc2ccco2)NCC2CCCCO2)s1. The van der Waals surface area contributed by atoms with E-state index in [4.69, 9.17) is 14.1 Å². The lowest BCUT2D eigenvalue weighted by Gasteiger charge is -2.23. The summed E-state index contributed by atoms with van der Waals surface area (Å²) in [6.45, 7) is 5.15. The average Bonchev–Trinajstić information content (AvgIpc) is 3.36. The third-order valence-corrected chi connectivity index (χ3v) is 5.46. The van der Waals surface area contributed by atoms with Gasteiger partial charge in [-0.25, -0.2) is 9.98 Å². The van der Waals surface area contributed by atoms with Crippen molar-refractivity contribution in [1.29, 1.82) is 0 Å². The Hall–Kier alpha value is -1.86. The van der Waals surface area contributed by atoms with Crippen LogP contribution in [0.5, 0.6) is 0 Å². The number of ether oxygens (including phenoxy) is 1. The molecule has 1 atom stereocenters. The van der Waals surface area contributed by atoms with Gasteiger partial charge in [0, 0.05) is 37.2 Å². The van der Waals surface area contributed by atoms with Gasteiger partial charge in [-0.2, -0.15) is 0 Å². The Kier molecular flexibility index (Phi) is 7.51. The number of rotatable bonds is 8. The smallest absolute Gasteiger partial charge is 0.191 e. The second kappa shape index (κ2) is 10.3. The minimum Gasteiger partial charge on any atom is -0.469 e. The van der Waals surface area contributed by atoms with E-state index >= 15 is 0 Å². The minimum atomic E-state index is 0.271. The number of nitrogens with one attached hydrogen (secondary N) is 2. The van der Waals surface area contributed by atoms with Crippen LogP contribution in [-0.4, -0.2) is 36.7 Å². The Morgan fingerprint density at radius 2 is 2.35 bits per heavy atom. The first-order chi connectivity index (χ1) is 12.8. The summed E-state index contributed by atoms with van der Waals surface area (Å²) in [7, 11) is 0. The molecule has 0 aromatic carbocycles. The molecule has 7 heteroatoms. The number of thiazole rings is 1. The zero-order valence-corrected chi connectivity index (χ0v) is 16.2. The van der Waals surface area contributed by atoms with Crippen LogP contribution in [0.15, 0.2) is 34.0 Å². The lowest BCUT2D eigenvalue weighted by molar-refractivity contribution is 0.0194. The normalized spacial score (nSPS) is 18.0. The summed E-state index contributed by atoms with van der Waals surface area (Å²) in [6, 6.07) is 3.90. The van der Waals surface area contributed by atoms with Crippen LogP contribution in [0.3, 0.4) is 0 Å². The number of aryl methyl sites for hydroxylation is 1. The molecule has 1 fully saturated rings. The fourth-order valence-corrected chi connectivity index (χ4v) is 3.63. The maximum absolute atomic E-state index is 5.80. The second-order valence-corrected chi connectivity index (χ2v) is 7.56. The van der Waals surface area contributed by atoms with Gasteiger partial charge in [-0.3, -0.25) is 0 Å². The number of aromatic nitrogens is 1. The highest BCUT2D eigenvalue weighted by atomic mass is 32.1. The van der Waals surface area contributed by atoms with Gasteiger partial charge in [0.2, 0.25) is 0 Å². The lowest BCUT2D eigenvalue weighted by atomic mass is 10.1. The van der Waals surface area contributed by atoms with Crippen LogP contribution in [0.4, 0.5) is 0 Å². The maximum atomic E-state index is 5.80. The Labute approximate surface area is 159 Å². The number of hydrogen-bond acceptors (Lipinski definition) is 5. The number of nitrogens with zero attached hydrogens (tertiary/aromatic N) is 2. The van der Waals surface area contributed by atoms with Crippen molar-refractivity contribution in [2.24, 2.45) is 4.99 Å². The first-order valence-electron chi connectivity index (χ1n) is 9.43. The van der Waals surface area contributed by atoms with Crippen molar-refractivity contribution in [2.75, 3.05) is 19.7 Å². The molecule has 6 nitrogen and oxygen atoms in total. The summed E-state index contributed by atoms with van der Waals surface area (Å²) in [5, 5.41) is 7.85. The molecule has 1 unspecified atom stereocenters. The van der Waals surface area contributed by atoms with Gasteiger partial charge < -0.3 is 19.8 Å². The highest BCUT2D eigenvalue weighted by molar-refractivity contribution is 7.11. The fraction of sp³-hybridized carbons (Fsp3) is 0.579.